The first-order chi connectivity index (χ1) is 7.67. The van der Waals surface area contributed by atoms with Crippen LogP contribution in [-0.2, 0) is 6.54 Å². The van der Waals surface area contributed by atoms with Gasteiger partial charge in [0.15, 0.2) is 0 Å². The molecule has 0 atom stereocenters. The molecule has 2 nitrogen and oxygen atoms in total. The maximum Gasteiger partial charge on any atom is 0.0745 e. The average Bonchev–Trinajstić information content (AvgIpc) is 2.28. The molecule has 0 aliphatic rings. The van der Waals surface area contributed by atoms with Crippen LogP contribution in [0, 0.1) is 11.3 Å². The van der Waals surface area contributed by atoms with Gasteiger partial charge in [-0.15, -0.1) is 0 Å². The predicted octanol–water partition coefficient (Wildman–Crippen LogP) is 3.90. The molecule has 0 aliphatic carbocycles. The minimum absolute atomic E-state index is 0.387. The van der Waals surface area contributed by atoms with Crippen LogP contribution in [0.1, 0.15) is 18.9 Å². The van der Waals surface area contributed by atoms with Crippen molar-refractivity contribution in [2.45, 2.75) is 19.9 Å². The molecule has 0 spiro atoms. The Morgan fingerprint density at radius 3 is 2.75 bits per heavy atom. The molecule has 0 fully saturated rings. The lowest BCUT2D eigenvalue weighted by molar-refractivity contribution is 0.789. The fraction of sp³-hybridized carbons (Fsp3) is 0.250. The molecule has 0 unspecified atom stereocenters. The van der Waals surface area contributed by atoms with Crippen molar-refractivity contribution in [1.82, 2.24) is 5.32 Å². The van der Waals surface area contributed by atoms with Crippen molar-refractivity contribution in [3.8, 4) is 6.07 Å². The topological polar surface area (TPSA) is 35.8 Å². The summed E-state index contributed by atoms with van der Waals surface area (Å²) in [5.74, 6) is 0. The second-order valence-electron chi connectivity index (χ2n) is 3.25. The molecular formula is C12H12Cl2N2. The van der Waals surface area contributed by atoms with Crippen molar-refractivity contribution in [3.63, 3.8) is 0 Å². The third-order valence-corrected chi connectivity index (χ3v) is 2.86. The zero-order valence-corrected chi connectivity index (χ0v) is 10.4. The summed E-state index contributed by atoms with van der Waals surface area (Å²) in [6, 6.07) is 7.58. The first-order valence-electron chi connectivity index (χ1n) is 4.87. The standard InChI is InChI=1S/C12H12Cl2N2/c1-2-10(5-6-15)16-8-9-3-4-11(13)12(14)7-9/h2-4,7,16H,5,8H2,1H3/b10-2-. The molecular weight excluding hydrogens is 243 g/mol. The Balaban J connectivity index is 2.61. The molecule has 0 amide bonds. The summed E-state index contributed by atoms with van der Waals surface area (Å²) in [6.45, 7) is 2.53. The van der Waals surface area contributed by atoms with E-state index in [0.717, 1.165) is 11.3 Å². The molecule has 0 radical (unpaired) electrons. The van der Waals surface area contributed by atoms with Crippen molar-refractivity contribution in [1.29, 1.82) is 5.26 Å². The van der Waals surface area contributed by atoms with Gasteiger partial charge in [0.2, 0.25) is 0 Å². The van der Waals surface area contributed by atoms with Gasteiger partial charge in [-0.25, -0.2) is 0 Å². The SMILES string of the molecule is C/C=C(/CC#N)NCc1ccc(Cl)c(Cl)c1. The van der Waals surface area contributed by atoms with Gasteiger partial charge in [0.1, 0.15) is 0 Å². The molecule has 0 aromatic heterocycles. The number of nitrogens with one attached hydrogen (secondary N) is 1. The lowest BCUT2D eigenvalue weighted by Crippen LogP contribution is -2.12. The summed E-state index contributed by atoms with van der Waals surface area (Å²) in [5.41, 5.74) is 1.94. The number of hydrogen-bond acceptors (Lipinski definition) is 2. The summed E-state index contributed by atoms with van der Waals surface area (Å²) in [4.78, 5) is 0. The quantitative estimate of drug-likeness (QED) is 0.885. The minimum Gasteiger partial charge on any atom is -0.384 e. The number of hydrogen-bond donors (Lipinski definition) is 1. The minimum atomic E-state index is 0.387. The molecule has 1 rings (SSSR count). The Labute approximate surface area is 105 Å². The molecule has 84 valence electrons. The fourth-order valence-electron chi connectivity index (χ4n) is 1.22. The van der Waals surface area contributed by atoms with Crippen LogP contribution >= 0.6 is 23.2 Å². The van der Waals surface area contributed by atoms with E-state index in [9.17, 15) is 0 Å². The Morgan fingerprint density at radius 2 is 2.19 bits per heavy atom. The van der Waals surface area contributed by atoms with Gasteiger partial charge in [-0.1, -0.05) is 35.3 Å². The Morgan fingerprint density at radius 1 is 1.44 bits per heavy atom. The van der Waals surface area contributed by atoms with Crippen LogP contribution in [0.4, 0.5) is 0 Å². The Bertz CT molecular complexity index is 433. The molecule has 1 aromatic rings. The highest BCUT2D eigenvalue weighted by atomic mass is 35.5. The van der Waals surface area contributed by atoms with E-state index in [1.807, 2.05) is 25.1 Å². The van der Waals surface area contributed by atoms with Gasteiger partial charge in [-0.3, -0.25) is 0 Å². The summed E-state index contributed by atoms with van der Waals surface area (Å²) < 4.78 is 0. The zero-order chi connectivity index (χ0) is 12.0. The Kier molecular flexibility index (Phi) is 5.18. The van der Waals surface area contributed by atoms with Gasteiger partial charge in [-0.05, 0) is 24.6 Å². The molecule has 0 aliphatic heterocycles. The van der Waals surface area contributed by atoms with Crippen LogP contribution in [-0.4, -0.2) is 0 Å². The van der Waals surface area contributed by atoms with Crippen LogP contribution in [0.2, 0.25) is 10.0 Å². The van der Waals surface area contributed by atoms with Crippen molar-refractivity contribution in [2.75, 3.05) is 0 Å². The van der Waals surface area contributed by atoms with E-state index in [-0.39, 0.29) is 0 Å². The molecule has 1 aromatic carbocycles. The average molecular weight is 255 g/mol. The number of benzene rings is 1. The third-order valence-electron chi connectivity index (χ3n) is 2.12. The third kappa shape index (κ3) is 3.77. The maximum atomic E-state index is 8.58. The van der Waals surface area contributed by atoms with E-state index in [4.69, 9.17) is 28.5 Å². The van der Waals surface area contributed by atoms with Gasteiger partial charge in [0.25, 0.3) is 0 Å². The van der Waals surface area contributed by atoms with Crippen LogP contribution in [0.3, 0.4) is 0 Å². The van der Waals surface area contributed by atoms with Crippen molar-refractivity contribution < 1.29 is 0 Å². The zero-order valence-electron chi connectivity index (χ0n) is 8.93. The highest BCUT2D eigenvalue weighted by molar-refractivity contribution is 6.42. The molecule has 16 heavy (non-hydrogen) atoms. The maximum absolute atomic E-state index is 8.58. The normalized spacial score (nSPS) is 11.0. The molecule has 0 saturated carbocycles. The van der Waals surface area contributed by atoms with Gasteiger partial charge in [0, 0.05) is 12.2 Å². The highest BCUT2D eigenvalue weighted by Crippen LogP contribution is 2.22. The summed E-state index contributed by atoms with van der Waals surface area (Å²) in [5, 5.41) is 12.8. The second kappa shape index (κ2) is 6.42. The molecule has 0 heterocycles. The highest BCUT2D eigenvalue weighted by Gasteiger charge is 2.00. The van der Waals surface area contributed by atoms with E-state index in [2.05, 4.69) is 11.4 Å². The lowest BCUT2D eigenvalue weighted by Gasteiger charge is -2.08. The lowest BCUT2D eigenvalue weighted by atomic mass is 10.2. The molecule has 0 bridgehead atoms. The molecule has 0 saturated heterocycles. The van der Waals surface area contributed by atoms with E-state index in [1.54, 1.807) is 6.07 Å². The van der Waals surface area contributed by atoms with E-state index < -0.39 is 0 Å². The Hall–Kier alpha value is -1.17. The molecule has 4 heteroatoms. The van der Waals surface area contributed by atoms with Crippen molar-refractivity contribution in [2.24, 2.45) is 0 Å². The molecule has 1 N–H and O–H groups in total. The number of nitrogens with zero attached hydrogens (tertiary/aromatic N) is 1. The van der Waals surface area contributed by atoms with Crippen molar-refractivity contribution >= 4 is 23.2 Å². The first-order valence-corrected chi connectivity index (χ1v) is 5.63. The number of allylic oxidation sites excluding steroid dienone is 2. The van der Waals surface area contributed by atoms with Gasteiger partial charge in [-0.2, -0.15) is 5.26 Å². The second-order valence-corrected chi connectivity index (χ2v) is 4.07. The van der Waals surface area contributed by atoms with Gasteiger partial charge in [0.05, 0.1) is 22.5 Å². The number of nitriles is 1. The van der Waals surface area contributed by atoms with Crippen LogP contribution < -0.4 is 5.32 Å². The number of rotatable bonds is 4. The fourth-order valence-corrected chi connectivity index (χ4v) is 1.54. The summed E-state index contributed by atoms with van der Waals surface area (Å²) in [7, 11) is 0. The van der Waals surface area contributed by atoms with Crippen LogP contribution in [0.15, 0.2) is 30.0 Å². The van der Waals surface area contributed by atoms with E-state index in [0.29, 0.717) is 23.0 Å². The summed E-state index contributed by atoms with van der Waals surface area (Å²) in [6.07, 6.45) is 2.28. The van der Waals surface area contributed by atoms with Gasteiger partial charge >= 0.3 is 0 Å². The van der Waals surface area contributed by atoms with Crippen LogP contribution in [0.5, 0.6) is 0 Å². The largest absolute Gasteiger partial charge is 0.384 e. The van der Waals surface area contributed by atoms with E-state index in [1.165, 1.54) is 0 Å². The van der Waals surface area contributed by atoms with Crippen LogP contribution in [0.25, 0.3) is 0 Å². The van der Waals surface area contributed by atoms with Crippen molar-refractivity contribution in [3.05, 3.63) is 45.6 Å². The summed E-state index contributed by atoms with van der Waals surface area (Å²) >= 11 is 11.7. The predicted molar refractivity (Wildman–Crippen MR) is 67.3 cm³/mol. The first kappa shape index (κ1) is 12.9. The van der Waals surface area contributed by atoms with Gasteiger partial charge < -0.3 is 5.32 Å². The smallest absolute Gasteiger partial charge is 0.0745 e. The van der Waals surface area contributed by atoms with E-state index >= 15 is 0 Å². The monoisotopic (exact) mass is 254 g/mol. The number of halogens is 2.